The molecule has 166 valence electrons. The number of aryl methyl sites for hydroxylation is 2. The van der Waals surface area contributed by atoms with Crippen LogP contribution in [0.25, 0.3) is 0 Å². The van der Waals surface area contributed by atoms with Crippen LogP contribution in [0, 0.1) is 6.92 Å². The van der Waals surface area contributed by atoms with Crippen molar-refractivity contribution in [3.63, 3.8) is 0 Å². The van der Waals surface area contributed by atoms with Crippen LogP contribution in [0.2, 0.25) is 0 Å². The van der Waals surface area contributed by atoms with Crippen molar-refractivity contribution in [1.29, 1.82) is 0 Å². The zero-order valence-electron chi connectivity index (χ0n) is 18.2. The van der Waals surface area contributed by atoms with Crippen molar-refractivity contribution in [3.05, 3.63) is 83.4 Å². The first-order valence-electron chi connectivity index (χ1n) is 10.6. The quantitative estimate of drug-likeness (QED) is 0.567. The summed E-state index contributed by atoms with van der Waals surface area (Å²) in [7, 11) is -3.84. The minimum Gasteiger partial charge on any atom is -0.492 e. The van der Waals surface area contributed by atoms with E-state index in [1.807, 2.05) is 62.4 Å². The number of anilines is 2. The number of nitrogens with one attached hydrogen (secondary N) is 1. The number of rotatable bonds is 7. The molecule has 1 N–H and O–H groups in total. The molecular formula is C25H26N2O4S. The summed E-state index contributed by atoms with van der Waals surface area (Å²) >= 11 is 0. The van der Waals surface area contributed by atoms with Gasteiger partial charge in [0.25, 0.3) is 10.0 Å². The van der Waals surface area contributed by atoms with Gasteiger partial charge < -0.3 is 9.64 Å². The Bertz CT molecular complexity index is 1240. The molecule has 0 aromatic heterocycles. The van der Waals surface area contributed by atoms with Gasteiger partial charge in [0.2, 0.25) is 5.91 Å². The zero-order valence-corrected chi connectivity index (χ0v) is 19.0. The van der Waals surface area contributed by atoms with Crippen LogP contribution in [-0.2, 0) is 27.8 Å². The molecular weight excluding hydrogens is 424 g/mol. The number of amides is 1. The number of nitrogens with zero attached hydrogens (tertiary/aromatic N) is 1. The van der Waals surface area contributed by atoms with E-state index in [9.17, 15) is 13.2 Å². The van der Waals surface area contributed by atoms with Gasteiger partial charge in [0.1, 0.15) is 10.6 Å². The van der Waals surface area contributed by atoms with Gasteiger partial charge >= 0.3 is 0 Å². The number of hydrogen-bond donors (Lipinski definition) is 1. The monoisotopic (exact) mass is 450 g/mol. The molecule has 0 saturated carbocycles. The third-order valence-corrected chi connectivity index (χ3v) is 6.81. The summed E-state index contributed by atoms with van der Waals surface area (Å²) < 4.78 is 34.4. The van der Waals surface area contributed by atoms with Crippen molar-refractivity contribution in [2.75, 3.05) is 16.2 Å². The van der Waals surface area contributed by atoms with Gasteiger partial charge in [-0.1, -0.05) is 36.4 Å². The van der Waals surface area contributed by atoms with Gasteiger partial charge in [-0.2, -0.15) is 0 Å². The zero-order chi connectivity index (χ0) is 22.7. The minimum absolute atomic E-state index is 0.0656. The summed E-state index contributed by atoms with van der Waals surface area (Å²) in [6.45, 7) is 4.51. The highest BCUT2D eigenvalue weighted by Gasteiger charge is 2.26. The maximum Gasteiger partial charge on any atom is 0.265 e. The Morgan fingerprint density at radius 3 is 2.53 bits per heavy atom. The van der Waals surface area contributed by atoms with Gasteiger partial charge in [-0.25, -0.2) is 8.42 Å². The van der Waals surface area contributed by atoms with Crippen LogP contribution in [0.15, 0.2) is 71.6 Å². The van der Waals surface area contributed by atoms with Crippen LogP contribution in [0.1, 0.15) is 30.0 Å². The molecule has 1 heterocycles. The molecule has 0 spiro atoms. The molecule has 3 aromatic carbocycles. The highest BCUT2D eigenvalue weighted by Crippen LogP contribution is 2.33. The summed E-state index contributed by atoms with van der Waals surface area (Å²) in [5, 5.41) is 0. The number of carbonyl (C=O) groups excluding carboxylic acids is 1. The number of sulfonamides is 1. The molecule has 0 radical (unpaired) electrons. The van der Waals surface area contributed by atoms with Gasteiger partial charge in [0, 0.05) is 17.8 Å². The van der Waals surface area contributed by atoms with Crippen LogP contribution in [0.5, 0.6) is 5.75 Å². The van der Waals surface area contributed by atoms with Crippen molar-refractivity contribution in [2.24, 2.45) is 0 Å². The average Bonchev–Trinajstić information content (AvgIpc) is 2.77. The van der Waals surface area contributed by atoms with Crippen molar-refractivity contribution in [1.82, 2.24) is 0 Å². The lowest BCUT2D eigenvalue weighted by Crippen LogP contribution is -2.34. The number of fused-ring (bicyclic) bond motifs is 1. The van der Waals surface area contributed by atoms with Crippen molar-refractivity contribution >= 4 is 27.3 Å². The fourth-order valence-corrected chi connectivity index (χ4v) is 5.15. The van der Waals surface area contributed by atoms with E-state index >= 15 is 0 Å². The Morgan fingerprint density at radius 1 is 1.00 bits per heavy atom. The Labute approximate surface area is 188 Å². The molecule has 1 amide bonds. The lowest BCUT2D eigenvalue weighted by Gasteiger charge is -2.30. The number of hydrogen-bond acceptors (Lipinski definition) is 4. The van der Waals surface area contributed by atoms with E-state index < -0.39 is 10.0 Å². The van der Waals surface area contributed by atoms with Gasteiger partial charge in [0.15, 0.2) is 0 Å². The second kappa shape index (κ2) is 9.04. The maximum absolute atomic E-state index is 13.1. The fraction of sp³-hybridized carbons (Fsp3) is 0.240. The first-order chi connectivity index (χ1) is 15.4. The molecule has 6 nitrogen and oxygen atoms in total. The number of carbonyl (C=O) groups is 1. The fourth-order valence-electron chi connectivity index (χ4n) is 3.87. The van der Waals surface area contributed by atoms with Crippen LogP contribution < -0.4 is 14.4 Å². The standard InChI is InChI=1S/C25H26N2O4S/c1-3-31-23-13-9-18(2)15-24(23)32(29,30)26-21-11-12-22-20(16-21)10-14-25(28)27(22)17-19-7-5-4-6-8-19/h4-9,11-13,15-16,26H,3,10,14,17H2,1-2H3. The average molecular weight is 451 g/mol. The number of ether oxygens (including phenoxy) is 1. The van der Waals surface area contributed by atoms with E-state index in [1.165, 1.54) is 0 Å². The lowest BCUT2D eigenvalue weighted by molar-refractivity contribution is -0.119. The van der Waals surface area contributed by atoms with Crippen LogP contribution in [-0.4, -0.2) is 20.9 Å². The molecule has 1 aliphatic heterocycles. The molecule has 3 aromatic rings. The SMILES string of the molecule is CCOc1ccc(C)cc1S(=O)(=O)Nc1ccc2c(c1)CCC(=O)N2Cc1ccccc1. The first kappa shape index (κ1) is 21.9. The molecule has 0 atom stereocenters. The minimum atomic E-state index is -3.84. The van der Waals surface area contributed by atoms with Gasteiger partial charge in [-0.3, -0.25) is 9.52 Å². The second-order valence-corrected chi connectivity index (χ2v) is 9.45. The summed E-state index contributed by atoms with van der Waals surface area (Å²) in [5.74, 6) is 0.388. The van der Waals surface area contributed by atoms with Gasteiger partial charge in [-0.05, 0) is 67.3 Å². The molecule has 0 fully saturated rings. The summed E-state index contributed by atoms with van der Waals surface area (Å²) in [4.78, 5) is 14.5. The number of benzene rings is 3. The third-order valence-electron chi connectivity index (χ3n) is 5.40. The first-order valence-corrected chi connectivity index (χ1v) is 12.1. The predicted octanol–water partition coefficient (Wildman–Crippen LogP) is 4.67. The molecule has 32 heavy (non-hydrogen) atoms. The summed E-state index contributed by atoms with van der Waals surface area (Å²) in [6, 6.07) is 20.2. The summed E-state index contributed by atoms with van der Waals surface area (Å²) in [6.07, 6.45) is 0.964. The lowest BCUT2D eigenvalue weighted by atomic mass is 10.00. The van der Waals surface area contributed by atoms with Gasteiger partial charge in [-0.15, -0.1) is 0 Å². The largest absolute Gasteiger partial charge is 0.492 e. The maximum atomic E-state index is 13.1. The molecule has 0 unspecified atom stereocenters. The van der Waals surface area contributed by atoms with E-state index in [1.54, 1.807) is 23.1 Å². The van der Waals surface area contributed by atoms with Crippen LogP contribution in [0.3, 0.4) is 0 Å². The second-order valence-electron chi connectivity index (χ2n) is 7.80. The Kier molecular flexibility index (Phi) is 6.19. The highest BCUT2D eigenvalue weighted by molar-refractivity contribution is 7.92. The Balaban J connectivity index is 1.62. The van der Waals surface area contributed by atoms with E-state index in [0.717, 1.165) is 22.4 Å². The normalized spacial score (nSPS) is 13.6. The highest BCUT2D eigenvalue weighted by atomic mass is 32.2. The predicted molar refractivity (Wildman–Crippen MR) is 126 cm³/mol. The van der Waals surface area contributed by atoms with E-state index in [0.29, 0.717) is 37.4 Å². The summed E-state index contributed by atoms with van der Waals surface area (Å²) in [5.41, 5.74) is 4.09. The van der Waals surface area contributed by atoms with Crippen molar-refractivity contribution in [2.45, 2.75) is 38.1 Å². The van der Waals surface area contributed by atoms with Gasteiger partial charge in [0.05, 0.1) is 13.2 Å². The topological polar surface area (TPSA) is 75.7 Å². The molecule has 1 aliphatic rings. The third kappa shape index (κ3) is 4.62. The van der Waals surface area contributed by atoms with Crippen LogP contribution >= 0.6 is 0 Å². The molecule has 0 saturated heterocycles. The Morgan fingerprint density at radius 2 is 1.78 bits per heavy atom. The van der Waals surface area contributed by atoms with E-state index in [4.69, 9.17) is 4.74 Å². The molecule has 0 aliphatic carbocycles. The van der Waals surface area contributed by atoms with Crippen molar-refractivity contribution < 1.29 is 17.9 Å². The smallest absolute Gasteiger partial charge is 0.265 e. The van der Waals surface area contributed by atoms with Crippen molar-refractivity contribution in [3.8, 4) is 5.75 Å². The van der Waals surface area contributed by atoms with E-state index in [2.05, 4.69) is 4.72 Å². The molecule has 7 heteroatoms. The molecule has 0 bridgehead atoms. The van der Waals surface area contributed by atoms with E-state index in [-0.39, 0.29) is 10.8 Å². The Hall–Kier alpha value is -3.32. The van der Waals surface area contributed by atoms with Crippen LogP contribution in [0.4, 0.5) is 11.4 Å². The molecule has 4 rings (SSSR count).